The number of unbranched alkanes of at least 4 members (excludes halogenated alkanes) is 7. The highest BCUT2D eigenvalue weighted by atomic mass is 32.3. The molecule has 39 heavy (non-hydrogen) atoms. The van der Waals surface area contributed by atoms with E-state index in [0.717, 1.165) is 32.1 Å². The zero-order chi connectivity index (χ0) is 29.1. The fourth-order valence-corrected chi connectivity index (χ4v) is 4.51. The van der Waals surface area contributed by atoms with Gasteiger partial charge in [0, 0.05) is 13.0 Å². The second-order valence-corrected chi connectivity index (χ2v) is 10.7. The molecule has 0 bridgehead atoms. The molecule has 1 heterocycles. The van der Waals surface area contributed by atoms with E-state index in [1.807, 2.05) is 6.92 Å². The van der Waals surface area contributed by atoms with Gasteiger partial charge in [0.25, 0.3) is 0 Å². The maximum atomic E-state index is 12.1. The molecule has 1 rings (SSSR count). The number of hydrogen-bond acceptors (Lipinski definition) is 11. The largest absolute Gasteiger partial charge is 0.457 e. The van der Waals surface area contributed by atoms with Gasteiger partial charge in [-0.1, -0.05) is 58.1 Å². The van der Waals surface area contributed by atoms with Crippen LogP contribution >= 0.6 is 0 Å². The summed E-state index contributed by atoms with van der Waals surface area (Å²) in [7, 11) is -5.03. The smallest absolute Gasteiger partial charge is 0.397 e. The zero-order valence-electron chi connectivity index (χ0n) is 23.2. The third-order valence-corrected chi connectivity index (χ3v) is 6.55. The van der Waals surface area contributed by atoms with E-state index in [9.17, 15) is 28.5 Å². The summed E-state index contributed by atoms with van der Waals surface area (Å²) in [4.78, 5) is 12.1. The van der Waals surface area contributed by atoms with Gasteiger partial charge < -0.3 is 34.3 Å². The molecule has 0 aromatic carbocycles. The lowest BCUT2D eigenvalue weighted by Crippen LogP contribution is -2.60. The van der Waals surface area contributed by atoms with Gasteiger partial charge in [-0.2, -0.15) is 8.42 Å². The van der Waals surface area contributed by atoms with Crippen molar-refractivity contribution < 1.29 is 56.2 Å². The molecule has 12 nitrogen and oxygen atoms in total. The van der Waals surface area contributed by atoms with Gasteiger partial charge in [-0.15, -0.1) is 0 Å². The molecule has 0 saturated carbocycles. The Morgan fingerprint density at radius 1 is 0.949 bits per heavy atom. The lowest BCUT2D eigenvalue weighted by atomic mass is 9.99. The van der Waals surface area contributed by atoms with Gasteiger partial charge in [-0.05, 0) is 32.1 Å². The Kier molecular flexibility index (Phi) is 19.0. The summed E-state index contributed by atoms with van der Waals surface area (Å²) in [6, 6.07) is 0. The molecule has 0 spiro atoms. The number of esters is 1. The molecule has 230 valence electrons. The molecular weight excluding hydrogens is 536 g/mol. The third-order valence-electron chi connectivity index (χ3n) is 6.09. The minimum absolute atomic E-state index is 0.0271. The molecule has 13 heteroatoms. The van der Waals surface area contributed by atoms with Crippen molar-refractivity contribution in [2.75, 3.05) is 26.4 Å². The number of allylic oxidation sites excluding steroid dienone is 2. The summed E-state index contributed by atoms with van der Waals surface area (Å²) in [5, 5.41) is 30.0. The molecule has 0 aromatic rings. The molecule has 1 saturated heterocycles. The average molecular weight is 585 g/mol. The number of ether oxygens (including phenoxy) is 4. The summed E-state index contributed by atoms with van der Waals surface area (Å²) >= 11 is 0. The molecule has 0 amide bonds. The Morgan fingerprint density at radius 3 is 2.26 bits per heavy atom. The van der Waals surface area contributed by atoms with Crippen molar-refractivity contribution in [1.82, 2.24) is 0 Å². The maximum absolute atomic E-state index is 12.1. The van der Waals surface area contributed by atoms with Crippen LogP contribution in [0.2, 0.25) is 0 Å². The van der Waals surface area contributed by atoms with Crippen LogP contribution in [0.15, 0.2) is 12.2 Å². The van der Waals surface area contributed by atoms with E-state index in [1.54, 1.807) is 0 Å². The standard InChI is InChI=1S/C26H48O12S/c1-3-5-6-7-8-9-10-11-12-13-14-16-34-18-20(36-22(28)15-4-2)19-35-26-24(30)25(38-39(31,32)33)23(29)21(17-27)37-26/h6-7,20-21,23-27,29-30H,3-5,8-19H2,1-2H3,(H,31,32,33)/b7-6-. The summed E-state index contributed by atoms with van der Waals surface area (Å²) in [6.45, 7) is 3.47. The highest BCUT2D eigenvalue weighted by Crippen LogP contribution is 2.25. The van der Waals surface area contributed by atoms with Crippen LogP contribution in [0.1, 0.15) is 84.5 Å². The van der Waals surface area contributed by atoms with E-state index in [0.29, 0.717) is 13.0 Å². The monoisotopic (exact) mass is 584 g/mol. The zero-order valence-corrected chi connectivity index (χ0v) is 24.0. The Balaban J connectivity index is 2.48. The van der Waals surface area contributed by atoms with Crippen molar-refractivity contribution in [1.29, 1.82) is 0 Å². The molecule has 0 aromatic heterocycles. The lowest BCUT2D eigenvalue weighted by molar-refractivity contribution is -0.301. The number of aliphatic hydroxyl groups is 3. The van der Waals surface area contributed by atoms with Crippen LogP contribution in [0.5, 0.6) is 0 Å². The fraction of sp³-hybridized carbons (Fsp3) is 0.885. The average Bonchev–Trinajstić information content (AvgIpc) is 2.88. The van der Waals surface area contributed by atoms with E-state index in [-0.39, 0.29) is 19.6 Å². The van der Waals surface area contributed by atoms with Crippen LogP contribution in [0.25, 0.3) is 0 Å². The molecule has 0 radical (unpaired) electrons. The van der Waals surface area contributed by atoms with Gasteiger partial charge in [-0.3, -0.25) is 9.35 Å². The van der Waals surface area contributed by atoms with Crippen LogP contribution < -0.4 is 0 Å². The van der Waals surface area contributed by atoms with E-state index in [1.165, 1.54) is 25.7 Å². The topological polar surface area (TPSA) is 178 Å². The van der Waals surface area contributed by atoms with Crippen molar-refractivity contribution in [3.05, 3.63) is 12.2 Å². The van der Waals surface area contributed by atoms with Gasteiger partial charge in [0.1, 0.15) is 30.5 Å². The Bertz CT molecular complexity index is 775. The maximum Gasteiger partial charge on any atom is 0.397 e. The molecule has 1 aliphatic rings. The second kappa shape index (κ2) is 20.7. The molecule has 6 unspecified atom stereocenters. The fourth-order valence-electron chi connectivity index (χ4n) is 4.00. The second-order valence-electron chi connectivity index (χ2n) is 9.64. The lowest BCUT2D eigenvalue weighted by Gasteiger charge is -2.41. The Labute approximate surface area is 232 Å². The van der Waals surface area contributed by atoms with E-state index in [4.69, 9.17) is 23.5 Å². The Hall–Kier alpha value is -1.16. The van der Waals surface area contributed by atoms with Crippen molar-refractivity contribution in [2.45, 2.75) is 121 Å². The van der Waals surface area contributed by atoms with Gasteiger partial charge >= 0.3 is 16.4 Å². The molecule has 1 aliphatic heterocycles. The van der Waals surface area contributed by atoms with Crippen LogP contribution in [0.4, 0.5) is 0 Å². The predicted octanol–water partition coefficient (Wildman–Crippen LogP) is 2.45. The van der Waals surface area contributed by atoms with Crippen molar-refractivity contribution in [3.8, 4) is 0 Å². The minimum atomic E-state index is -5.03. The molecule has 6 atom stereocenters. The SMILES string of the molecule is CCC/C=C\CCCCCCCCOCC(COC1OC(CO)C(O)C(OS(=O)(=O)O)C1O)OC(=O)CCC. The van der Waals surface area contributed by atoms with Gasteiger partial charge in [-0.25, -0.2) is 4.18 Å². The first-order valence-electron chi connectivity index (χ1n) is 13.9. The quantitative estimate of drug-likeness (QED) is 0.0633. The number of carbonyl (C=O) groups is 1. The van der Waals surface area contributed by atoms with E-state index < -0.39 is 59.8 Å². The number of carbonyl (C=O) groups excluding carboxylic acids is 1. The Morgan fingerprint density at radius 2 is 1.62 bits per heavy atom. The summed E-state index contributed by atoms with van der Waals surface area (Å²) in [5.74, 6) is -0.458. The van der Waals surface area contributed by atoms with Gasteiger partial charge in [0.05, 0.1) is 19.8 Å². The van der Waals surface area contributed by atoms with Gasteiger partial charge in [0.2, 0.25) is 0 Å². The summed E-state index contributed by atoms with van der Waals surface area (Å²) in [6.07, 6.45) is 6.03. The predicted molar refractivity (Wildman–Crippen MR) is 142 cm³/mol. The number of aliphatic hydroxyl groups excluding tert-OH is 3. The number of hydrogen-bond donors (Lipinski definition) is 4. The van der Waals surface area contributed by atoms with E-state index in [2.05, 4.69) is 23.3 Å². The minimum Gasteiger partial charge on any atom is -0.457 e. The summed E-state index contributed by atoms with van der Waals surface area (Å²) < 4.78 is 57.5. The van der Waals surface area contributed by atoms with Crippen LogP contribution in [-0.2, 0) is 38.3 Å². The number of rotatable bonds is 22. The highest BCUT2D eigenvalue weighted by Gasteiger charge is 2.48. The molecular formula is C26H48O12S. The highest BCUT2D eigenvalue weighted by molar-refractivity contribution is 7.80. The van der Waals surface area contributed by atoms with Crippen LogP contribution in [0.3, 0.4) is 0 Å². The van der Waals surface area contributed by atoms with Crippen LogP contribution in [0, 0.1) is 0 Å². The third kappa shape index (κ3) is 16.0. The summed E-state index contributed by atoms with van der Waals surface area (Å²) in [5.41, 5.74) is 0. The first-order chi connectivity index (χ1) is 18.6. The van der Waals surface area contributed by atoms with Crippen molar-refractivity contribution in [2.24, 2.45) is 0 Å². The molecule has 4 N–H and O–H groups in total. The van der Waals surface area contributed by atoms with Crippen LogP contribution in [-0.4, -0.2) is 97.5 Å². The van der Waals surface area contributed by atoms with Gasteiger partial charge in [0.15, 0.2) is 6.29 Å². The first kappa shape index (κ1) is 35.9. The normalized spacial score (nSPS) is 24.7. The van der Waals surface area contributed by atoms with Crippen molar-refractivity contribution >= 4 is 16.4 Å². The molecule has 0 aliphatic carbocycles. The molecule has 1 fully saturated rings. The van der Waals surface area contributed by atoms with Crippen molar-refractivity contribution in [3.63, 3.8) is 0 Å². The first-order valence-corrected chi connectivity index (χ1v) is 15.3. The van der Waals surface area contributed by atoms with E-state index >= 15 is 0 Å².